The van der Waals surface area contributed by atoms with E-state index >= 15 is 0 Å². The highest BCUT2D eigenvalue weighted by molar-refractivity contribution is 8.24. The molecule has 1 aromatic rings. The lowest BCUT2D eigenvalue weighted by atomic mass is 10.2. The van der Waals surface area contributed by atoms with Crippen LogP contribution in [0.15, 0.2) is 24.3 Å². The maximum Gasteiger partial charge on any atom is 0.337 e. The molecule has 2 rings (SSSR count). The van der Waals surface area contributed by atoms with E-state index in [0.29, 0.717) is 22.0 Å². The van der Waals surface area contributed by atoms with Gasteiger partial charge >= 0.3 is 5.97 Å². The average molecular weight is 352 g/mol. The Kier molecular flexibility index (Phi) is 5.73. The number of benzene rings is 1. The van der Waals surface area contributed by atoms with E-state index in [1.54, 1.807) is 24.3 Å². The number of carbonyl (C=O) groups is 3. The predicted molar refractivity (Wildman–Crippen MR) is 92.4 cm³/mol. The third-order valence-electron chi connectivity index (χ3n) is 3.27. The zero-order valence-corrected chi connectivity index (χ0v) is 14.3. The van der Waals surface area contributed by atoms with Gasteiger partial charge in [0.15, 0.2) is 0 Å². The van der Waals surface area contributed by atoms with Crippen LogP contribution in [-0.4, -0.2) is 45.9 Å². The lowest BCUT2D eigenvalue weighted by Gasteiger charge is -2.15. The maximum atomic E-state index is 12.1. The molecule has 0 bridgehead atoms. The zero-order valence-electron chi connectivity index (χ0n) is 12.7. The van der Waals surface area contributed by atoms with Crippen LogP contribution in [0, 0.1) is 0 Å². The highest BCUT2D eigenvalue weighted by atomic mass is 32.2. The summed E-state index contributed by atoms with van der Waals surface area (Å²) in [5.74, 6) is -0.916. The van der Waals surface area contributed by atoms with Crippen LogP contribution < -0.4 is 5.32 Å². The van der Waals surface area contributed by atoms with Gasteiger partial charge < -0.3 is 10.1 Å². The minimum absolute atomic E-state index is 0.111. The summed E-state index contributed by atoms with van der Waals surface area (Å²) >= 11 is 6.45. The van der Waals surface area contributed by atoms with Crippen molar-refractivity contribution in [1.29, 1.82) is 0 Å². The number of thioether (sulfide) groups is 1. The SMILES string of the molecule is CCC1SC(=S)N(CC(=O)Nc2ccc(C(=O)OC)cc2)C1=O. The second-order valence-corrected chi connectivity index (χ2v) is 6.66. The standard InChI is InChI=1S/C15H16N2O4S2/c1-3-11-13(19)17(15(22)23-11)8-12(18)16-10-6-4-9(5-7-10)14(20)21-2/h4-7,11H,3,8H2,1-2H3,(H,16,18). The van der Waals surface area contributed by atoms with Crippen LogP contribution in [0.3, 0.4) is 0 Å². The molecule has 1 fully saturated rings. The maximum absolute atomic E-state index is 12.1. The summed E-state index contributed by atoms with van der Waals surface area (Å²) < 4.78 is 5.03. The van der Waals surface area contributed by atoms with Gasteiger partial charge in [-0.15, -0.1) is 0 Å². The van der Waals surface area contributed by atoms with E-state index < -0.39 is 5.97 Å². The minimum Gasteiger partial charge on any atom is -0.465 e. The van der Waals surface area contributed by atoms with Crippen molar-refractivity contribution in [3.05, 3.63) is 29.8 Å². The number of hydrogen-bond donors (Lipinski definition) is 1. The third-order valence-corrected chi connectivity index (χ3v) is 5.02. The molecule has 1 saturated heterocycles. The number of esters is 1. The van der Waals surface area contributed by atoms with Gasteiger partial charge in [-0.3, -0.25) is 14.5 Å². The Bertz CT molecular complexity index is 645. The summed E-state index contributed by atoms with van der Waals surface area (Å²) in [5.41, 5.74) is 0.920. The number of anilines is 1. The summed E-state index contributed by atoms with van der Waals surface area (Å²) in [6.45, 7) is 1.80. The van der Waals surface area contributed by atoms with E-state index in [0.717, 1.165) is 0 Å². The van der Waals surface area contributed by atoms with Gasteiger partial charge in [0, 0.05) is 5.69 Å². The van der Waals surface area contributed by atoms with Crippen molar-refractivity contribution >= 4 is 51.8 Å². The van der Waals surface area contributed by atoms with Crippen molar-refractivity contribution < 1.29 is 19.1 Å². The first-order valence-electron chi connectivity index (χ1n) is 6.96. The number of carbonyl (C=O) groups excluding carboxylic acids is 3. The first kappa shape index (κ1) is 17.4. The van der Waals surface area contributed by atoms with Gasteiger partial charge in [-0.2, -0.15) is 0 Å². The molecule has 0 aromatic heterocycles. The molecule has 8 heteroatoms. The van der Waals surface area contributed by atoms with Crippen LogP contribution in [0.1, 0.15) is 23.7 Å². The Labute approximate surface area is 143 Å². The van der Waals surface area contributed by atoms with E-state index in [4.69, 9.17) is 12.2 Å². The van der Waals surface area contributed by atoms with Crippen LogP contribution in [0.2, 0.25) is 0 Å². The summed E-state index contributed by atoms with van der Waals surface area (Å²) in [6, 6.07) is 6.29. The van der Waals surface area contributed by atoms with Gasteiger partial charge in [0.2, 0.25) is 11.8 Å². The molecule has 0 spiro atoms. The van der Waals surface area contributed by atoms with Gasteiger partial charge in [-0.25, -0.2) is 4.79 Å². The molecule has 1 unspecified atom stereocenters. The topological polar surface area (TPSA) is 75.7 Å². The summed E-state index contributed by atoms with van der Waals surface area (Å²) in [6.07, 6.45) is 0.677. The summed E-state index contributed by atoms with van der Waals surface area (Å²) in [4.78, 5) is 36.8. The quantitative estimate of drug-likeness (QED) is 0.646. The molecule has 1 atom stereocenters. The summed E-state index contributed by atoms with van der Waals surface area (Å²) in [5, 5.41) is 2.47. The van der Waals surface area contributed by atoms with Crippen LogP contribution in [-0.2, 0) is 14.3 Å². The number of hydrogen-bond acceptors (Lipinski definition) is 6. The third kappa shape index (κ3) is 4.08. The summed E-state index contributed by atoms with van der Waals surface area (Å²) in [7, 11) is 1.30. The highest BCUT2D eigenvalue weighted by Crippen LogP contribution is 2.29. The van der Waals surface area contributed by atoms with E-state index in [1.165, 1.54) is 23.8 Å². The fourth-order valence-corrected chi connectivity index (χ4v) is 3.47. The second-order valence-electron chi connectivity index (χ2n) is 4.82. The smallest absolute Gasteiger partial charge is 0.337 e. The molecule has 6 nitrogen and oxygen atoms in total. The molecule has 0 saturated carbocycles. The van der Waals surface area contributed by atoms with E-state index in [-0.39, 0.29) is 23.6 Å². The Morgan fingerprint density at radius 3 is 2.52 bits per heavy atom. The molecule has 1 aromatic carbocycles. The van der Waals surface area contributed by atoms with Gasteiger partial charge in [0.1, 0.15) is 10.9 Å². The van der Waals surface area contributed by atoms with Crippen molar-refractivity contribution in [1.82, 2.24) is 4.90 Å². The largest absolute Gasteiger partial charge is 0.465 e. The Morgan fingerprint density at radius 1 is 1.35 bits per heavy atom. The number of rotatable bonds is 5. The number of thiocarbonyl (C=S) groups is 1. The van der Waals surface area contributed by atoms with E-state index in [2.05, 4.69) is 10.1 Å². The average Bonchev–Trinajstić information content (AvgIpc) is 2.82. The number of ether oxygens (including phenoxy) is 1. The van der Waals surface area contributed by atoms with Gasteiger partial charge in [0.25, 0.3) is 0 Å². The van der Waals surface area contributed by atoms with Crippen LogP contribution in [0.4, 0.5) is 5.69 Å². The first-order valence-corrected chi connectivity index (χ1v) is 8.25. The normalized spacial score (nSPS) is 17.3. The number of amides is 2. The molecule has 0 aliphatic carbocycles. The van der Waals surface area contributed by atoms with Crippen LogP contribution in [0.5, 0.6) is 0 Å². The fraction of sp³-hybridized carbons (Fsp3) is 0.333. The number of nitrogens with zero attached hydrogens (tertiary/aromatic N) is 1. The Morgan fingerprint density at radius 2 is 2.00 bits per heavy atom. The molecule has 122 valence electrons. The van der Waals surface area contributed by atoms with Gasteiger partial charge in [-0.1, -0.05) is 30.9 Å². The van der Waals surface area contributed by atoms with Crippen molar-refractivity contribution in [2.45, 2.75) is 18.6 Å². The molecule has 1 aliphatic rings. The van der Waals surface area contributed by atoms with E-state index in [1.807, 2.05) is 6.92 Å². The zero-order chi connectivity index (χ0) is 17.0. The number of nitrogens with one attached hydrogen (secondary N) is 1. The highest BCUT2D eigenvalue weighted by Gasteiger charge is 2.36. The van der Waals surface area contributed by atoms with Gasteiger partial charge in [0.05, 0.1) is 17.9 Å². The molecule has 1 aliphatic heterocycles. The van der Waals surface area contributed by atoms with Crippen molar-refractivity contribution in [2.24, 2.45) is 0 Å². The van der Waals surface area contributed by atoms with Crippen molar-refractivity contribution in [3.8, 4) is 0 Å². The molecule has 1 heterocycles. The lowest BCUT2D eigenvalue weighted by Crippen LogP contribution is -2.38. The Hall–Kier alpha value is -1.93. The molecule has 23 heavy (non-hydrogen) atoms. The van der Waals surface area contributed by atoms with Crippen molar-refractivity contribution in [3.63, 3.8) is 0 Å². The minimum atomic E-state index is -0.446. The fourth-order valence-electron chi connectivity index (χ4n) is 2.05. The molecular weight excluding hydrogens is 336 g/mol. The molecule has 0 radical (unpaired) electrons. The predicted octanol–water partition coefficient (Wildman–Crippen LogP) is 2.05. The monoisotopic (exact) mass is 352 g/mol. The van der Waals surface area contributed by atoms with Crippen LogP contribution >= 0.6 is 24.0 Å². The van der Waals surface area contributed by atoms with E-state index in [9.17, 15) is 14.4 Å². The molecule has 2 amide bonds. The lowest BCUT2D eigenvalue weighted by molar-refractivity contribution is -0.129. The van der Waals surface area contributed by atoms with Crippen molar-refractivity contribution in [2.75, 3.05) is 19.0 Å². The van der Waals surface area contributed by atoms with Crippen LogP contribution in [0.25, 0.3) is 0 Å². The van der Waals surface area contributed by atoms with Gasteiger partial charge in [-0.05, 0) is 30.7 Å². The molecular formula is C15H16N2O4S2. The second kappa shape index (κ2) is 7.56. The molecule has 1 N–H and O–H groups in total. The first-order chi connectivity index (χ1) is 11.0. The number of methoxy groups -OCH3 is 1. The Balaban J connectivity index is 1.96.